The van der Waals surface area contributed by atoms with Gasteiger partial charge in [-0.3, -0.25) is 0 Å². The van der Waals surface area contributed by atoms with Gasteiger partial charge in [-0.05, 0) is 87.5 Å². The summed E-state index contributed by atoms with van der Waals surface area (Å²) in [5.41, 5.74) is 0. The third kappa shape index (κ3) is 16.9. The maximum Gasteiger partial charge on any atom is 0.0604 e. The molecule has 0 bridgehead atoms. The molecule has 2 nitrogen and oxygen atoms in total. The average molecular weight is 539 g/mol. The third-order valence-corrected chi connectivity index (χ3v) is 10.2. The number of rotatable bonds is 26. The number of ether oxygens (including phenoxy) is 2. The Balaban J connectivity index is 1.53. The molecule has 4 unspecified atom stereocenters. The van der Waals surface area contributed by atoms with Crippen LogP contribution in [0.25, 0.3) is 0 Å². The lowest BCUT2D eigenvalue weighted by atomic mass is 9.89. The van der Waals surface area contributed by atoms with Crippen LogP contribution in [0.15, 0.2) is 0 Å². The first-order valence-corrected chi connectivity index (χ1v) is 18.3. The van der Waals surface area contributed by atoms with Crippen LogP contribution in [-0.4, -0.2) is 36.9 Å². The van der Waals surface area contributed by atoms with E-state index in [1.165, 1.54) is 166 Å². The monoisotopic (exact) mass is 538 g/mol. The van der Waals surface area contributed by atoms with Gasteiger partial charge in [0.1, 0.15) is 0 Å². The van der Waals surface area contributed by atoms with Gasteiger partial charge in [-0.2, -0.15) is 11.8 Å². The van der Waals surface area contributed by atoms with E-state index in [-0.39, 0.29) is 0 Å². The Kier molecular flexibility index (Phi) is 21.8. The summed E-state index contributed by atoms with van der Waals surface area (Å²) < 4.78 is 12.3. The molecule has 0 saturated carbocycles. The first-order valence-electron chi connectivity index (χ1n) is 17.2. The molecule has 0 aromatic carbocycles. The smallest absolute Gasteiger partial charge is 0.0604 e. The van der Waals surface area contributed by atoms with Gasteiger partial charge in [0.2, 0.25) is 0 Å². The molecular formula is C34H66O2S. The van der Waals surface area contributed by atoms with Crippen LogP contribution < -0.4 is 0 Å². The van der Waals surface area contributed by atoms with E-state index in [0.717, 1.165) is 25.0 Å². The Morgan fingerprint density at radius 3 is 1.27 bits per heavy atom. The molecule has 2 heterocycles. The second-order valence-electron chi connectivity index (χ2n) is 12.3. The van der Waals surface area contributed by atoms with Crippen LogP contribution in [-0.2, 0) is 9.47 Å². The zero-order valence-corrected chi connectivity index (χ0v) is 26.1. The normalized spacial score (nSPS) is 21.6. The van der Waals surface area contributed by atoms with Gasteiger partial charge >= 0.3 is 0 Å². The molecular weight excluding hydrogens is 472 g/mol. The fraction of sp³-hybridized carbons (Fsp3) is 1.00. The lowest BCUT2D eigenvalue weighted by Gasteiger charge is -2.23. The first kappa shape index (κ1) is 33.5. The van der Waals surface area contributed by atoms with Crippen LogP contribution in [0.2, 0.25) is 0 Å². The van der Waals surface area contributed by atoms with Crippen molar-refractivity contribution in [2.45, 2.75) is 180 Å². The highest BCUT2D eigenvalue weighted by atomic mass is 32.2. The second-order valence-corrected chi connectivity index (χ2v) is 13.6. The topological polar surface area (TPSA) is 18.5 Å². The van der Waals surface area contributed by atoms with Crippen molar-refractivity contribution in [1.29, 1.82) is 0 Å². The molecule has 2 fully saturated rings. The van der Waals surface area contributed by atoms with Crippen LogP contribution in [0.4, 0.5) is 0 Å². The summed E-state index contributed by atoms with van der Waals surface area (Å²) in [7, 11) is 0. The van der Waals surface area contributed by atoms with E-state index < -0.39 is 0 Å². The molecule has 2 aliphatic rings. The van der Waals surface area contributed by atoms with Crippen molar-refractivity contribution in [1.82, 2.24) is 0 Å². The standard InChI is InChI=1S/C34H66O2S/c1-3-5-7-9-11-13-15-21-31(33-25-17-27-35-33)23-19-29-37-30-20-24-32(34-26-18-28-36-34)22-16-14-12-10-8-6-4-2/h31-34H,3-30H2,1-2H3. The van der Waals surface area contributed by atoms with E-state index in [0.29, 0.717) is 12.2 Å². The Hall–Kier alpha value is 0.270. The highest BCUT2D eigenvalue weighted by Crippen LogP contribution is 2.31. The van der Waals surface area contributed by atoms with Crippen molar-refractivity contribution in [3.8, 4) is 0 Å². The molecule has 0 N–H and O–H groups in total. The molecule has 0 aromatic rings. The zero-order chi connectivity index (χ0) is 26.2. The van der Waals surface area contributed by atoms with Gasteiger partial charge in [0.25, 0.3) is 0 Å². The molecule has 0 radical (unpaired) electrons. The third-order valence-electron chi connectivity index (χ3n) is 9.07. The highest BCUT2D eigenvalue weighted by Gasteiger charge is 2.26. The molecule has 2 rings (SSSR count). The summed E-state index contributed by atoms with van der Waals surface area (Å²) >= 11 is 2.22. The molecule has 0 spiro atoms. The van der Waals surface area contributed by atoms with Crippen molar-refractivity contribution in [2.24, 2.45) is 11.8 Å². The van der Waals surface area contributed by atoms with Gasteiger partial charge in [0, 0.05) is 13.2 Å². The molecule has 37 heavy (non-hydrogen) atoms. The quantitative estimate of drug-likeness (QED) is 0.102. The molecule has 0 aliphatic carbocycles. The highest BCUT2D eigenvalue weighted by molar-refractivity contribution is 7.99. The van der Waals surface area contributed by atoms with Crippen LogP contribution in [0.1, 0.15) is 168 Å². The van der Waals surface area contributed by atoms with Gasteiger partial charge in [-0.1, -0.05) is 104 Å². The lowest BCUT2D eigenvalue weighted by Crippen LogP contribution is -2.20. The predicted molar refractivity (Wildman–Crippen MR) is 166 cm³/mol. The minimum absolute atomic E-state index is 0.573. The molecule has 0 aromatic heterocycles. The number of unbranched alkanes of at least 4 members (excludes halogenated alkanes) is 12. The van der Waals surface area contributed by atoms with E-state index in [1.54, 1.807) is 0 Å². The number of hydrogen-bond donors (Lipinski definition) is 0. The number of thioether (sulfide) groups is 1. The van der Waals surface area contributed by atoms with Crippen molar-refractivity contribution in [2.75, 3.05) is 24.7 Å². The van der Waals surface area contributed by atoms with Gasteiger partial charge in [0.15, 0.2) is 0 Å². The average Bonchev–Trinajstić information content (AvgIpc) is 3.64. The summed E-state index contributed by atoms with van der Waals surface area (Å²) in [4.78, 5) is 0. The van der Waals surface area contributed by atoms with Crippen molar-refractivity contribution in [3.05, 3.63) is 0 Å². The fourth-order valence-corrected chi connectivity index (χ4v) is 7.65. The largest absolute Gasteiger partial charge is 0.378 e. The molecule has 0 amide bonds. The van der Waals surface area contributed by atoms with Crippen molar-refractivity contribution in [3.63, 3.8) is 0 Å². The summed E-state index contributed by atoms with van der Waals surface area (Å²) in [6.07, 6.45) is 34.7. The Morgan fingerprint density at radius 1 is 0.514 bits per heavy atom. The first-order chi connectivity index (χ1) is 18.3. The molecule has 2 saturated heterocycles. The molecule has 4 atom stereocenters. The van der Waals surface area contributed by atoms with E-state index >= 15 is 0 Å². The summed E-state index contributed by atoms with van der Waals surface area (Å²) in [5, 5.41) is 0. The summed E-state index contributed by atoms with van der Waals surface area (Å²) in [6.45, 7) is 6.64. The van der Waals surface area contributed by atoms with Crippen LogP contribution in [0, 0.1) is 11.8 Å². The maximum absolute atomic E-state index is 6.14. The van der Waals surface area contributed by atoms with E-state index in [4.69, 9.17) is 9.47 Å². The van der Waals surface area contributed by atoms with E-state index in [9.17, 15) is 0 Å². The Bertz CT molecular complexity index is 430. The van der Waals surface area contributed by atoms with Crippen LogP contribution >= 0.6 is 11.8 Å². The van der Waals surface area contributed by atoms with Gasteiger partial charge in [-0.25, -0.2) is 0 Å². The number of hydrogen-bond acceptors (Lipinski definition) is 3. The predicted octanol–water partition coefficient (Wildman–Crippen LogP) is 11.2. The SMILES string of the molecule is CCCCCCCCCC(CCCSCCCC(CCCCCCCCC)C1CCCO1)C1CCCO1. The Morgan fingerprint density at radius 2 is 0.892 bits per heavy atom. The summed E-state index contributed by atoms with van der Waals surface area (Å²) in [6, 6.07) is 0. The lowest BCUT2D eigenvalue weighted by molar-refractivity contribution is 0.0546. The minimum atomic E-state index is 0.573. The van der Waals surface area contributed by atoms with Gasteiger partial charge < -0.3 is 9.47 Å². The van der Waals surface area contributed by atoms with Crippen LogP contribution in [0.5, 0.6) is 0 Å². The molecule has 2 aliphatic heterocycles. The summed E-state index contributed by atoms with van der Waals surface area (Å²) in [5.74, 6) is 4.35. The van der Waals surface area contributed by atoms with E-state index in [2.05, 4.69) is 25.6 Å². The molecule has 3 heteroatoms. The van der Waals surface area contributed by atoms with Gasteiger partial charge in [-0.15, -0.1) is 0 Å². The van der Waals surface area contributed by atoms with Crippen LogP contribution in [0.3, 0.4) is 0 Å². The minimum Gasteiger partial charge on any atom is -0.378 e. The zero-order valence-electron chi connectivity index (χ0n) is 25.3. The maximum atomic E-state index is 6.14. The second kappa shape index (κ2) is 24.1. The van der Waals surface area contributed by atoms with Crippen molar-refractivity contribution >= 4 is 11.8 Å². The Labute approximate surface area is 237 Å². The van der Waals surface area contributed by atoms with Gasteiger partial charge in [0.05, 0.1) is 12.2 Å². The fourth-order valence-electron chi connectivity index (χ4n) is 6.71. The van der Waals surface area contributed by atoms with Crippen molar-refractivity contribution < 1.29 is 9.47 Å². The van der Waals surface area contributed by atoms with E-state index in [1.807, 2.05) is 0 Å². The molecule has 220 valence electrons.